The minimum absolute atomic E-state index is 0.0151. The third kappa shape index (κ3) is 4.87. The fraction of sp³-hybridized carbons (Fsp3) is 0.391. The first kappa shape index (κ1) is 21.5. The van der Waals surface area contributed by atoms with Gasteiger partial charge in [-0.25, -0.2) is 9.50 Å². The molecule has 2 N–H and O–H groups in total. The lowest BCUT2D eigenvalue weighted by atomic mass is 10.1. The van der Waals surface area contributed by atoms with E-state index in [1.807, 2.05) is 25.1 Å². The van der Waals surface area contributed by atoms with E-state index < -0.39 is 6.23 Å². The lowest BCUT2D eigenvalue weighted by Gasteiger charge is -2.35. The third-order valence-corrected chi connectivity index (χ3v) is 6.00. The maximum atomic E-state index is 13.1. The molecule has 10 heteroatoms. The fourth-order valence-electron chi connectivity index (χ4n) is 4.30. The van der Waals surface area contributed by atoms with Crippen molar-refractivity contribution < 1.29 is 14.3 Å². The quantitative estimate of drug-likeness (QED) is 0.424. The van der Waals surface area contributed by atoms with Crippen molar-refractivity contribution in [2.24, 2.45) is 5.10 Å². The minimum atomic E-state index is -0.459. The van der Waals surface area contributed by atoms with E-state index in [1.54, 1.807) is 29.2 Å². The van der Waals surface area contributed by atoms with Crippen molar-refractivity contribution in [2.75, 3.05) is 32.9 Å². The van der Waals surface area contributed by atoms with Crippen molar-refractivity contribution in [3.05, 3.63) is 65.7 Å². The summed E-state index contributed by atoms with van der Waals surface area (Å²) in [4.78, 5) is 19.5. The summed E-state index contributed by atoms with van der Waals surface area (Å²) >= 11 is 0. The summed E-state index contributed by atoms with van der Waals surface area (Å²) in [5, 5.41) is 11.7. The summed E-state index contributed by atoms with van der Waals surface area (Å²) in [6.07, 6.45) is 6.12. The number of fused-ring (bicyclic) bond motifs is 1. The number of carbonyl (C=O) groups is 1. The van der Waals surface area contributed by atoms with E-state index in [1.165, 1.54) is 11.9 Å². The molecule has 10 nitrogen and oxygen atoms in total. The van der Waals surface area contributed by atoms with Gasteiger partial charge in [-0.05, 0) is 18.6 Å². The van der Waals surface area contributed by atoms with Crippen LogP contribution in [0.4, 0.5) is 0 Å². The van der Waals surface area contributed by atoms with Gasteiger partial charge in [0.15, 0.2) is 6.23 Å². The van der Waals surface area contributed by atoms with Crippen LogP contribution in [-0.2, 0) is 9.47 Å². The first-order valence-corrected chi connectivity index (χ1v) is 11.1. The minimum Gasteiger partial charge on any atom is -0.379 e. The van der Waals surface area contributed by atoms with Crippen molar-refractivity contribution in [1.29, 1.82) is 0 Å². The number of aryl methyl sites for hydroxylation is 1. The summed E-state index contributed by atoms with van der Waals surface area (Å²) in [5.41, 5.74) is 6.53. The molecule has 0 spiro atoms. The van der Waals surface area contributed by atoms with Gasteiger partial charge < -0.3 is 14.8 Å². The van der Waals surface area contributed by atoms with E-state index in [-0.39, 0.29) is 18.0 Å². The van der Waals surface area contributed by atoms with E-state index in [4.69, 9.17) is 9.47 Å². The van der Waals surface area contributed by atoms with Crippen LogP contribution in [-0.4, -0.2) is 82.8 Å². The number of nitrogens with one attached hydrogen (secondary N) is 2. The number of amides is 1. The van der Waals surface area contributed by atoms with Crippen LogP contribution in [0.5, 0.6) is 0 Å². The number of morpholine rings is 1. The number of nitrogens with zero attached hydrogens (tertiary/aromatic N) is 5. The Hall–Kier alpha value is -3.34. The van der Waals surface area contributed by atoms with E-state index in [2.05, 4.69) is 36.9 Å². The molecule has 2 aliphatic rings. The van der Waals surface area contributed by atoms with Crippen molar-refractivity contribution in [3.8, 4) is 0 Å². The average molecular weight is 450 g/mol. The number of hydrogen-bond acceptors (Lipinski definition) is 8. The predicted molar refractivity (Wildman–Crippen MR) is 122 cm³/mol. The standard InChI is InChI=1S/C23H27N7O3/c1-16-3-2-4-17(9-16)11-25-28-23-21(20(14-33-23)29-5-7-32-8-6-29)27-22(31)18-10-19-12-24-15-26-30(19)13-18/h2-4,9-13,15,20-21,23,28H,5-8,14H2,1H3,(H,27,31)/b25-11+. The second-order valence-corrected chi connectivity index (χ2v) is 8.28. The number of rotatable bonds is 6. The average Bonchev–Trinajstić information content (AvgIpc) is 3.44. The molecule has 3 aromatic rings. The van der Waals surface area contributed by atoms with Gasteiger partial charge in [0, 0.05) is 19.3 Å². The molecule has 3 unspecified atom stereocenters. The lowest BCUT2D eigenvalue weighted by molar-refractivity contribution is 0.0104. The Labute approximate surface area is 191 Å². The summed E-state index contributed by atoms with van der Waals surface area (Å²) < 4.78 is 13.2. The molecule has 0 aliphatic carbocycles. The van der Waals surface area contributed by atoms with E-state index in [0.29, 0.717) is 25.4 Å². The van der Waals surface area contributed by atoms with Crippen LogP contribution in [0.2, 0.25) is 0 Å². The summed E-state index contributed by atoms with van der Waals surface area (Å²) in [7, 11) is 0. The van der Waals surface area contributed by atoms with Crippen LogP contribution in [0.3, 0.4) is 0 Å². The Morgan fingerprint density at radius 3 is 2.97 bits per heavy atom. The Bertz CT molecular complexity index is 1110. The molecule has 2 aromatic heterocycles. The highest BCUT2D eigenvalue weighted by Crippen LogP contribution is 2.20. The van der Waals surface area contributed by atoms with Crippen LogP contribution in [0, 0.1) is 6.92 Å². The molecule has 2 fully saturated rings. The molecule has 33 heavy (non-hydrogen) atoms. The van der Waals surface area contributed by atoms with E-state index >= 15 is 0 Å². The molecule has 5 rings (SSSR count). The largest absolute Gasteiger partial charge is 0.379 e. The van der Waals surface area contributed by atoms with Crippen molar-refractivity contribution >= 4 is 17.6 Å². The van der Waals surface area contributed by atoms with Gasteiger partial charge in [0.05, 0.1) is 55.4 Å². The van der Waals surface area contributed by atoms with E-state index in [0.717, 1.165) is 24.2 Å². The number of hydrogen-bond donors (Lipinski definition) is 2. The zero-order valence-corrected chi connectivity index (χ0v) is 18.4. The number of aromatic nitrogens is 3. The van der Waals surface area contributed by atoms with Gasteiger partial charge in [-0.2, -0.15) is 10.2 Å². The molecular weight excluding hydrogens is 422 g/mol. The predicted octanol–water partition coefficient (Wildman–Crippen LogP) is 0.817. The molecule has 2 aliphatic heterocycles. The highest BCUT2D eigenvalue weighted by molar-refractivity contribution is 5.95. The molecule has 0 radical (unpaired) electrons. The van der Waals surface area contributed by atoms with Crippen molar-refractivity contribution in [2.45, 2.75) is 25.2 Å². The lowest BCUT2D eigenvalue weighted by Crippen LogP contribution is -2.57. The van der Waals surface area contributed by atoms with Gasteiger partial charge in [-0.3, -0.25) is 15.1 Å². The first-order chi connectivity index (χ1) is 16.2. The molecule has 4 heterocycles. The zero-order valence-electron chi connectivity index (χ0n) is 18.4. The Morgan fingerprint density at radius 2 is 2.15 bits per heavy atom. The zero-order chi connectivity index (χ0) is 22.6. The summed E-state index contributed by atoms with van der Waals surface area (Å²) in [5.74, 6) is -0.191. The number of hydrazone groups is 1. The Balaban J connectivity index is 1.32. The highest BCUT2D eigenvalue weighted by atomic mass is 16.5. The SMILES string of the molecule is Cc1cccc(/C=N/NC2OCC(N3CCOCC3)C2NC(=O)c2cc3cncnn3c2)c1. The van der Waals surface area contributed by atoms with Crippen molar-refractivity contribution in [1.82, 2.24) is 30.2 Å². The monoisotopic (exact) mass is 449 g/mol. The molecule has 1 aromatic carbocycles. The molecule has 0 bridgehead atoms. The maximum Gasteiger partial charge on any atom is 0.253 e. The molecule has 0 saturated carbocycles. The first-order valence-electron chi connectivity index (χ1n) is 11.1. The van der Waals surface area contributed by atoms with Gasteiger partial charge in [-0.15, -0.1) is 0 Å². The Morgan fingerprint density at radius 1 is 1.27 bits per heavy atom. The van der Waals surface area contributed by atoms with Crippen LogP contribution >= 0.6 is 0 Å². The summed E-state index contributed by atoms with van der Waals surface area (Å²) in [6, 6.07) is 9.57. The second-order valence-electron chi connectivity index (χ2n) is 8.28. The van der Waals surface area contributed by atoms with Gasteiger partial charge >= 0.3 is 0 Å². The molecular formula is C23H27N7O3. The third-order valence-electron chi connectivity index (χ3n) is 6.00. The number of carbonyl (C=O) groups excluding carboxylic acids is 1. The van der Waals surface area contributed by atoms with Crippen LogP contribution in [0.25, 0.3) is 5.52 Å². The van der Waals surface area contributed by atoms with Gasteiger partial charge in [0.25, 0.3) is 5.91 Å². The van der Waals surface area contributed by atoms with E-state index in [9.17, 15) is 4.79 Å². The fourth-order valence-corrected chi connectivity index (χ4v) is 4.30. The second kappa shape index (κ2) is 9.65. The van der Waals surface area contributed by atoms with Crippen molar-refractivity contribution in [3.63, 3.8) is 0 Å². The van der Waals surface area contributed by atoms with Gasteiger partial charge in [-0.1, -0.05) is 29.8 Å². The maximum absolute atomic E-state index is 13.1. The number of benzene rings is 1. The Kier molecular flexibility index (Phi) is 6.29. The summed E-state index contributed by atoms with van der Waals surface area (Å²) in [6.45, 7) is 5.47. The smallest absolute Gasteiger partial charge is 0.253 e. The molecule has 2 saturated heterocycles. The van der Waals surface area contributed by atoms with Crippen LogP contribution in [0.1, 0.15) is 21.5 Å². The van der Waals surface area contributed by atoms with Gasteiger partial charge in [0.2, 0.25) is 0 Å². The topological polar surface area (TPSA) is 105 Å². The highest BCUT2D eigenvalue weighted by Gasteiger charge is 2.42. The number of ether oxygens (including phenoxy) is 2. The molecule has 3 atom stereocenters. The van der Waals surface area contributed by atoms with Gasteiger partial charge in [0.1, 0.15) is 6.33 Å². The molecule has 1 amide bonds. The van der Waals surface area contributed by atoms with Crippen LogP contribution < -0.4 is 10.7 Å². The van der Waals surface area contributed by atoms with Crippen LogP contribution in [0.15, 0.2) is 54.2 Å². The molecule has 172 valence electrons. The normalized spacial score (nSPS) is 23.8.